The Labute approximate surface area is 88.6 Å². The molecule has 0 atom stereocenters. The maximum Gasteiger partial charge on any atom is 0.0555 e. The molecule has 1 nitrogen and oxygen atoms in total. The van der Waals surface area contributed by atoms with E-state index in [4.69, 9.17) is 5.73 Å². The number of nitrogens with two attached hydrogens (primary N) is 1. The molecule has 0 aliphatic heterocycles. The van der Waals surface area contributed by atoms with E-state index in [1.807, 2.05) is 18.2 Å². The van der Waals surface area contributed by atoms with Crippen LogP contribution in [0.15, 0.2) is 27.1 Å². The largest absolute Gasteiger partial charge is 0.320 e. The van der Waals surface area contributed by atoms with E-state index in [0.717, 1.165) is 14.5 Å². The summed E-state index contributed by atoms with van der Waals surface area (Å²) < 4.78 is 2.01. The summed E-state index contributed by atoms with van der Waals surface area (Å²) in [5.41, 5.74) is 6.22. The highest BCUT2D eigenvalue weighted by molar-refractivity contribution is 9.11. The molecule has 0 aliphatic carbocycles. The molecule has 0 spiro atoms. The topological polar surface area (TPSA) is 26.0 Å². The summed E-state index contributed by atoms with van der Waals surface area (Å²) in [5, 5.41) is 0. The van der Waals surface area contributed by atoms with Gasteiger partial charge in [-0.25, -0.2) is 0 Å². The first-order chi connectivity index (χ1) is 5.74. The van der Waals surface area contributed by atoms with Crippen LogP contribution in [0.25, 0.3) is 0 Å². The van der Waals surface area contributed by atoms with Crippen molar-refractivity contribution in [1.29, 1.82) is 0 Å². The molecular weight excluding hydrogens is 282 g/mol. The summed E-state index contributed by atoms with van der Waals surface area (Å²) in [4.78, 5) is 0. The van der Waals surface area contributed by atoms with E-state index >= 15 is 0 Å². The predicted molar refractivity (Wildman–Crippen MR) is 57.8 cm³/mol. The Bertz CT molecular complexity index is 336. The molecule has 0 amide bonds. The lowest BCUT2D eigenvalue weighted by molar-refractivity contribution is 1.30. The molecule has 0 unspecified atom stereocenters. The normalized spacial score (nSPS) is 8.92. The molecule has 2 N–H and O–H groups in total. The summed E-state index contributed by atoms with van der Waals surface area (Å²) in [6, 6.07) is 5.86. The van der Waals surface area contributed by atoms with Crippen molar-refractivity contribution >= 4 is 31.9 Å². The van der Waals surface area contributed by atoms with Gasteiger partial charge in [0.15, 0.2) is 0 Å². The van der Waals surface area contributed by atoms with Crippen molar-refractivity contribution in [2.75, 3.05) is 6.54 Å². The van der Waals surface area contributed by atoms with Crippen LogP contribution in [-0.2, 0) is 0 Å². The highest BCUT2D eigenvalue weighted by Crippen LogP contribution is 2.20. The van der Waals surface area contributed by atoms with Crippen LogP contribution in [0.5, 0.6) is 0 Å². The maximum atomic E-state index is 5.26. The number of halogens is 2. The molecule has 0 fully saturated rings. The van der Waals surface area contributed by atoms with Gasteiger partial charge in [0.05, 0.1) is 6.54 Å². The lowest BCUT2D eigenvalue weighted by atomic mass is 10.2. The van der Waals surface area contributed by atoms with Gasteiger partial charge in [0.2, 0.25) is 0 Å². The highest BCUT2D eigenvalue weighted by Gasteiger charge is 1.95. The smallest absolute Gasteiger partial charge is 0.0555 e. The number of rotatable bonds is 0. The van der Waals surface area contributed by atoms with Gasteiger partial charge in [-0.1, -0.05) is 27.8 Å². The third-order valence-electron chi connectivity index (χ3n) is 1.25. The number of benzene rings is 1. The van der Waals surface area contributed by atoms with Crippen LogP contribution in [0.1, 0.15) is 5.56 Å². The van der Waals surface area contributed by atoms with Gasteiger partial charge in [-0.15, -0.1) is 0 Å². The minimum atomic E-state index is 0.388. The Morgan fingerprint density at radius 1 is 1.33 bits per heavy atom. The van der Waals surface area contributed by atoms with Gasteiger partial charge >= 0.3 is 0 Å². The fourth-order valence-electron chi connectivity index (χ4n) is 0.740. The zero-order valence-corrected chi connectivity index (χ0v) is 9.44. The van der Waals surface area contributed by atoms with E-state index in [-0.39, 0.29) is 0 Å². The molecule has 0 saturated carbocycles. The van der Waals surface area contributed by atoms with Crippen LogP contribution < -0.4 is 5.73 Å². The zero-order chi connectivity index (χ0) is 8.97. The van der Waals surface area contributed by atoms with Crippen LogP contribution >= 0.6 is 31.9 Å². The lowest BCUT2D eigenvalue weighted by Crippen LogP contribution is -1.93. The average molecular weight is 289 g/mol. The fourth-order valence-corrected chi connectivity index (χ4v) is 1.45. The SMILES string of the molecule is NCC#Cc1cc(Br)ccc1Br. The van der Waals surface area contributed by atoms with Gasteiger partial charge in [0.1, 0.15) is 0 Å². The minimum Gasteiger partial charge on any atom is -0.320 e. The summed E-state index contributed by atoms with van der Waals surface area (Å²) in [7, 11) is 0. The van der Waals surface area contributed by atoms with E-state index in [1.54, 1.807) is 0 Å². The van der Waals surface area contributed by atoms with Gasteiger partial charge < -0.3 is 5.73 Å². The molecule has 3 heteroatoms. The first-order valence-corrected chi connectivity index (χ1v) is 4.96. The molecule has 62 valence electrons. The second kappa shape index (κ2) is 4.66. The molecular formula is C9H7Br2N. The summed E-state index contributed by atoms with van der Waals surface area (Å²) >= 11 is 6.76. The van der Waals surface area contributed by atoms with Gasteiger partial charge in [-0.05, 0) is 34.1 Å². The van der Waals surface area contributed by atoms with E-state index in [2.05, 4.69) is 43.7 Å². The molecule has 0 saturated heterocycles. The standard InChI is InChI=1S/C9H7Br2N/c10-8-3-4-9(11)7(6-8)2-1-5-12/h3-4,6H,5,12H2. The molecule has 0 bridgehead atoms. The number of hydrogen-bond acceptors (Lipinski definition) is 1. The third-order valence-corrected chi connectivity index (χ3v) is 2.44. The Balaban J connectivity index is 3.05. The van der Waals surface area contributed by atoms with Crippen LogP contribution in [-0.4, -0.2) is 6.54 Å². The van der Waals surface area contributed by atoms with E-state index in [9.17, 15) is 0 Å². The molecule has 1 aromatic carbocycles. The Morgan fingerprint density at radius 2 is 2.08 bits per heavy atom. The van der Waals surface area contributed by atoms with Crippen molar-refractivity contribution in [2.45, 2.75) is 0 Å². The van der Waals surface area contributed by atoms with Crippen molar-refractivity contribution < 1.29 is 0 Å². The third kappa shape index (κ3) is 2.63. The Hall–Kier alpha value is -0.300. The monoisotopic (exact) mass is 287 g/mol. The van der Waals surface area contributed by atoms with E-state index in [1.165, 1.54) is 0 Å². The lowest BCUT2D eigenvalue weighted by Gasteiger charge is -1.95. The first-order valence-electron chi connectivity index (χ1n) is 3.38. The van der Waals surface area contributed by atoms with Gasteiger partial charge in [-0.3, -0.25) is 0 Å². The second-order valence-electron chi connectivity index (χ2n) is 2.13. The van der Waals surface area contributed by atoms with Gasteiger partial charge in [0, 0.05) is 14.5 Å². The van der Waals surface area contributed by atoms with Gasteiger partial charge in [0.25, 0.3) is 0 Å². The van der Waals surface area contributed by atoms with Crippen LogP contribution in [0, 0.1) is 11.8 Å². The molecule has 12 heavy (non-hydrogen) atoms. The van der Waals surface area contributed by atoms with E-state index in [0.29, 0.717) is 6.54 Å². The zero-order valence-electron chi connectivity index (χ0n) is 6.27. The summed E-state index contributed by atoms with van der Waals surface area (Å²) in [6.45, 7) is 0.388. The predicted octanol–water partition coefficient (Wildman–Crippen LogP) is 2.52. The van der Waals surface area contributed by atoms with Crippen LogP contribution in [0.4, 0.5) is 0 Å². The highest BCUT2D eigenvalue weighted by atomic mass is 79.9. The minimum absolute atomic E-state index is 0.388. The van der Waals surface area contributed by atoms with Gasteiger partial charge in [-0.2, -0.15) is 0 Å². The van der Waals surface area contributed by atoms with E-state index < -0.39 is 0 Å². The fraction of sp³-hybridized carbons (Fsp3) is 0.111. The first kappa shape index (κ1) is 9.79. The number of hydrogen-bond donors (Lipinski definition) is 1. The second-order valence-corrected chi connectivity index (χ2v) is 3.90. The maximum absolute atomic E-state index is 5.26. The van der Waals surface area contributed by atoms with Crippen molar-refractivity contribution in [2.24, 2.45) is 5.73 Å². The molecule has 1 rings (SSSR count). The molecule has 0 heterocycles. The molecule has 0 aromatic heterocycles. The summed E-state index contributed by atoms with van der Waals surface area (Å²) in [6.07, 6.45) is 0. The molecule has 0 radical (unpaired) electrons. The quantitative estimate of drug-likeness (QED) is 0.730. The van der Waals surface area contributed by atoms with Crippen molar-refractivity contribution in [3.8, 4) is 11.8 Å². The van der Waals surface area contributed by atoms with Crippen LogP contribution in [0.2, 0.25) is 0 Å². The van der Waals surface area contributed by atoms with Crippen molar-refractivity contribution in [1.82, 2.24) is 0 Å². The Kier molecular flexibility index (Phi) is 3.80. The van der Waals surface area contributed by atoms with Crippen LogP contribution in [0.3, 0.4) is 0 Å². The van der Waals surface area contributed by atoms with Crippen molar-refractivity contribution in [3.63, 3.8) is 0 Å². The Morgan fingerprint density at radius 3 is 2.75 bits per heavy atom. The molecule has 0 aliphatic rings. The average Bonchev–Trinajstić information content (AvgIpc) is 2.07. The molecule has 1 aromatic rings. The summed E-state index contributed by atoms with van der Waals surface area (Å²) in [5.74, 6) is 5.76. The van der Waals surface area contributed by atoms with Crippen molar-refractivity contribution in [3.05, 3.63) is 32.7 Å².